The molecule has 0 unspecified atom stereocenters. The number of carbonyl (C=O) groups is 1. The highest BCUT2D eigenvalue weighted by Gasteiger charge is 2.07. The van der Waals surface area contributed by atoms with E-state index in [4.69, 9.17) is 5.11 Å². The molecule has 1 aromatic carbocycles. The zero-order valence-electron chi connectivity index (χ0n) is 8.46. The number of benzene rings is 1. The number of rotatable bonds is 3. The molecule has 0 atom stereocenters. The van der Waals surface area contributed by atoms with E-state index in [2.05, 4.69) is 0 Å². The van der Waals surface area contributed by atoms with Crippen LogP contribution in [0.1, 0.15) is 10.4 Å². The van der Waals surface area contributed by atoms with Crippen molar-refractivity contribution in [2.75, 3.05) is 0 Å². The Kier molecular flexibility index (Phi) is 3.17. The summed E-state index contributed by atoms with van der Waals surface area (Å²) in [5, 5.41) is 10.8. The smallest absolute Gasteiger partial charge is 0.328 e. The summed E-state index contributed by atoms with van der Waals surface area (Å²) < 4.78 is 0. The van der Waals surface area contributed by atoms with Gasteiger partial charge in [-0.05, 0) is 17.0 Å². The molecule has 0 radical (unpaired) electrons. The first kappa shape index (κ1) is 10.6. The van der Waals surface area contributed by atoms with Crippen LogP contribution in [0.2, 0.25) is 0 Å². The third-order valence-electron chi connectivity index (χ3n) is 2.14. The van der Waals surface area contributed by atoms with Crippen LogP contribution in [0.3, 0.4) is 0 Å². The van der Waals surface area contributed by atoms with Crippen LogP contribution < -0.4 is 0 Å². The van der Waals surface area contributed by atoms with E-state index in [1.807, 2.05) is 47.8 Å². The molecule has 1 N–H and O–H groups in total. The molecule has 1 heterocycles. The maximum absolute atomic E-state index is 10.8. The number of carboxylic acids is 1. The van der Waals surface area contributed by atoms with E-state index >= 15 is 0 Å². The highest BCUT2D eigenvalue weighted by atomic mass is 32.1. The Hall–Kier alpha value is -1.87. The molecule has 2 nitrogen and oxygen atoms in total. The minimum atomic E-state index is -0.924. The molecular formula is C13H10O2S. The number of hydrogen-bond donors (Lipinski definition) is 1. The second-order valence-electron chi connectivity index (χ2n) is 3.24. The second kappa shape index (κ2) is 4.77. The Labute approximate surface area is 97.5 Å². The SMILES string of the molecule is O=C(O)C=C(c1ccccc1)c1cccs1. The maximum Gasteiger partial charge on any atom is 0.328 e. The molecular weight excluding hydrogens is 220 g/mol. The Morgan fingerprint density at radius 3 is 2.44 bits per heavy atom. The standard InChI is InChI=1S/C13H10O2S/c14-13(15)9-11(12-7-4-8-16-12)10-5-2-1-3-6-10/h1-9H,(H,14,15). The van der Waals surface area contributed by atoms with Gasteiger partial charge in [0.25, 0.3) is 0 Å². The summed E-state index contributed by atoms with van der Waals surface area (Å²) in [4.78, 5) is 11.8. The molecule has 0 aliphatic heterocycles. The summed E-state index contributed by atoms with van der Waals surface area (Å²) in [6.45, 7) is 0. The fourth-order valence-corrected chi connectivity index (χ4v) is 2.23. The van der Waals surface area contributed by atoms with Crippen molar-refractivity contribution in [1.29, 1.82) is 0 Å². The maximum atomic E-state index is 10.8. The van der Waals surface area contributed by atoms with Crippen molar-refractivity contribution in [3.05, 3.63) is 64.4 Å². The molecule has 2 rings (SSSR count). The number of carboxylic acid groups (broad SMARTS) is 1. The lowest BCUT2D eigenvalue weighted by atomic mass is 10.0. The number of thiophene rings is 1. The lowest BCUT2D eigenvalue weighted by Crippen LogP contribution is -1.92. The molecule has 0 bridgehead atoms. The van der Waals surface area contributed by atoms with Crippen LogP contribution in [-0.4, -0.2) is 11.1 Å². The molecule has 0 amide bonds. The predicted octanol–water partition coefficient (Wildman–Crippen LogP) is 3.26. The summed E-state index contributed by atoms with van der Waals surface area (Å²) in [6, 6.07) is 13.4. The average molecular weight is 230 g/mol. The number of hydrogen-bond acceptors (Lipinski definition) is 2. The van der Waals surface area contributed by atoms with Crippen LogP contribution in [0.4, 0.5) is 0 Å². The summed E-state index contributed by atoms with van der Waals surface area (Å²) in [5.41, 5.74) is 1.68. The van der Waals surface area contributed by atoms with Crippen molar-refractivity contribution in [3.8, 4) is 0 Å². The van der Waals surface area contributed by atoms with Crippen molar-refractivity contribution in [2.45, 2.75) is 0 Å². The van der Waals surface area contributed by atoms with Crippen molar-refractivity contribution in [3.63, 3.8) is 0 Å². The van der Waals surface area contributed by atoms with Crippen molar-refractivity contribution >= 4 is 22.9 Å². The van der Waals surface area contributed by atoms with Gasteiger partial charge in [-0.3, -0.25) is 0 Å². The van der Waals surface area contributed by atoms with Crippen LogP contribution in [-0.2, 0) is 4.79 Å². The molecule has 0 aliphatic carbocycles. The zero-order valence-corrected chi connectivity index (χ0v) is 9.28. The Morgan fingerprint density at radius 1 is 1.12 bits per heavy atom. The van der Waals surface area contributed by atoms with Crippen LogP contribution in [0.5, 0.6) is 0 Å². The monoisotopic (exact) mass is 230 g/mol. The molecule has 0 aliphatic rings. The highest BCUT2D eigenvalue weighted by molar-refractivity contribution is 7.11. The Balaban J connectivity index is 2.49. The first-order chi connectivity index (χ1) is 7.77. The van der Waals surface area contributed by atoms with Crippen molar-refractivity contribution in [2.24, 2.45) is 0 Å². The van der Waals surface area contributed by atoms with Crippen LogP contribution in [0, 0.1) is 0 Å². The van der Waals surface area contributed by atoms with Gasteiger partial charge in [0.05, 0.1) is 0 Å². The number of aliphatic carboxylic acids is 1. The van der Waals surface area contributed by atoms with Gasteiger partial charge in [-0.2, -0.15) is 0 Å². The molecule has 1 aromatic heterocycles. The third-order valence-corrected chi connectivity index (χ3v) is 3.04. The fourth-order valence-electron chi connectivity index (χ4n) is 1.47. The van der Waals surface area contributed by atoms with E-state index in [1.165, 1.54) is 17.4 Å². The molecule has 3 heteroatoms. The van der Waals surface area contributed by atoms with Crippen molar-refractivity contribution in [1.82, 2.24) is 0 Å². The van der Waals surface area contributed by atoms with E-state index in [0.29, 0.717) is 0 Å². The van der Waals surface area contributed by atoms with Gasteiger partial charge in [-0.15, -0.1) is 11.3 Å². The predicted molar refractivity (Wildman–Crippen MR) is 65.5 cm³/mol. The van der Waals surface area contributed by atoms with Crippen molar-refractivity contribution < 1.29 is 9.90 Å². The molecule has 0 saturated carbocycles. The van der Waals surface area contributed by atoms with Gasteiger partial charge in [-0.1, -0.05) is 36.4 Å². The molecule has 16 heavy (non-hydrogen) atoms. The van der Waals surface area contributed by atoms with Crippen LogP contribution in [0.15, 0.2) is 53.9 Å². The summed E-state index contributed by atoms with van der Waals surface area (Å²) in [7, 11) is 0. The summed E-state index contributed by atoms with van der Waals surface area (Å²) in [5.74, 6) is -0.924. The quantitative estimate of drug-likeness (QED) is 0.822. The fraction of sp³-hybridized carbons (Fsp3) is 0. The minimum Gasteiger partial charge on any atom is -0.478 e. The van der Waals surface area contributed by atoms with Gasteiger partial charge in [0, 0.05) is 16.5 Å². The summed E-state index contributed by atoms with van der Waals surface area (Å²) in [6.07, 6.45) is 1.25. The molecule has 0 fully saturated rings. The molecule has 0 spiro atoms. The second-order valence-corrected chi connectivity index (χ2v) is 4.19. The van der Waals surface area contributed by atoms with Crippen LogP contribution >= 0.6 is 11.3 Å². The van der Waals surface area contributed by atoms with Gasteiger partial charge in [0.1, 0.15) is 0 Å². The Bertz CT molecular complexity index is 498. The highest BCUT2D eigenvalue weighted by Crippen LogP contribution is 2.26. The lowest BCUT2D eigenvalue weighted by Gasteiger charge is -2.03. The van der Waals surface area contributed by atoms with E-state index in [9.17, 15) is 4.79 Å². The van der Waals surface area contributed by atoms with Gasteiger partial charge < -0.3 is 5.11 Å². The first-order valence-electron chi connectivity index (χ1n) is 4.81. The molecule has 2 aromatic rings. The van der Waals surface area contributed by atoms with E-state index in [1.54, 1.807) is 0 Å². The normalized spacial score (nSPS) is 11.4. The third kappa shape index (κ3) is 2.38. The van der Waals surface area contributed by atoms with Gasteiger partial charge in [-0.25, -0.2) is 4.79 Å². The topological polar surface area (TPSA) is 37.3 Å². The van der Waals surface area contributed by atoms with Gasteiger partial charge in [0.2, 0.25) is 0 Å². The van der Waals surface area contributed by atoms with E-state index < -0.39 is 5.97 Å². The zero-order chi connectivity index (χ0) is 11.4. The minimum absolute atomic E-state index is 0.753. The first-order valence-corrected chi connectivity index (χ1v) is 5.69. The molecule has 80 valence electrons. The van der Waals surface area contributed by atoms with Gasteiger partial charge in [0.15, 0.2) is 0 Å². The average Bonchev–Trinajstić information content (AvgIpc) is 2.80. The van der Waals surface area contributed by atoms with E-state index in [0.717, 1.165) is 16.0 Å². The lowest BCUT2D eigenvalue weighted by molar-refractivity contribution is -0.131. The van der Waals surface area contributed by atoms with Crippen LogP contribution in [0.25, 0.3) is 5.57 Å². The molecule has 0 saturated heterocycles. The van der Waals surface area contributed by atoms with Gasteiger partial charge >= 0.3 is 5.97 Å². The summed E-state index contributed by atoms with van der Waals surface area (Å²) >= 11 is 1.54. The Morgan fingerprint density at radius 2 is 1.88 bits per heavy atom. The largest absolute Gasteiger partial charge is 0.478 e. The van der Waals surface area contributed by atoms with E-state index in [-0.39, 0.29) is 0 Å².